The third-order valence-electron chi connectivity index (χ3n) is 4.23. The molecule has 6 nitrogen and oxygen atoms in total. The zero-order valence-electron chi connectivity index (χ0n) is 14.1. The van der Waals surface area contributed by atoms with Crippen LogP contribution in [0.4, 0.5) is 4.79 Å². The minimum Gasteiger partial charge on any atom is -0.487 e. The van der Waals surface area contributed by atoms with Crippen molar-refractivity contribution in [2.24, 2.45) is 0 Å². The highest BCUT2D eigenvalue weighted by molar-refractivity contribution is 5.75. The van der Waals surface area contributed by atoms with Crippen molar-refractivity contribution in [3.05, 3.63) is 59.9 Å². The van der Waals surface area contributed by atoms with Crippen LogP contribution in [0.1, 0.15) is 30.5 Å². The van der Waals surface area contributed by atoms with E-state index in [1.165, 1.54) is 0 Å². The first-order chi connectivity index (χ1) is 12.2. The largest absolute Gasteiger partial charge is 0.487 e. The number of nitrogens with one attached hydrogen (secondary N) is 1. The predicted molar refractivity (Wildman–Crippen MR) is 92.9 cm³/mol. The highest BCUT2D eigenvalue weighted by atomic mass is 16.5. The molecule has 3 rings (SSSR count). The van der Waals surface area contributed by atoms with E-state index in [1.807, 2.05) is 31.2 Å². The van der Waals surface area contributed by atoms with Gasteiger partial charge in [-0.1, -0.05) is 12.1 Å². The van der Waals surface area contributed by atoms with Crippen LogP contribution in [0.25, 0.3) is 0 Å². The van der Waals surface area contributed by atoms with Gasteiger partial charge in [0.1, 0.15) is 11.9 Å². The first-order valence-corrected chi connectivity index (χ1v) is 8.28. The molecule has 1 aliphatic heterocycles. The Morgan fingerprint density at radius 3 is 3.08 bits per heavy atom. The molecule has 2 heterocycles. The van der Waals surface area contributed by atoms with E-state index in [0.29, 0.717) is 18.7 Å². The molecule has 6 heteroatoms. The molecule has 1 aromatic heterocycles. The number of benzene rings is 1. The van der Waals surface area contributed by atoms with Crippen molar-refractivity contribution in [1.82, 2.24) is 15.2 Å². The summed E-state index contributed by atoms with van der Waals surface area (Å²) in [4.78, 5) is 18.2. The molecule has 1 aliphatic rings. The fraction of sp³-hybridized carbons (Fsp3) is 0.316. The highest BCUT2D eigenvalue weighted by Gasteiger charge is 2.28. The number of rotatable bonds is 4. The van der Waals surface area contributed by atoms with Crippen molar-refractivity contribution in [2.75, 3.05) is 13.1 Å². The minimum absolute atomic E-state index is 0.0211. The van der Waals surface area contributed by atoms with Crippen molar-refractivity contribution in [2.45, 2.75) is 25.5 Å². The molecular formula is C19H20N4O2. The number of likely N-dealkylation sites (tertiary alicyclic amines) is 1. The van der Waals surface area contributed by atoms with E-state index < -0.39 is 0 Å². The third kappa shape index (κ3) is 4.27. The number of aromatic nitrogens is 1. The van der Waals surface area contributed by atoms with Gasteiger partial charge >= 0.3 is 6.03 Å². The Morgan fingerprint density at radius 1 is 1.44 bits per heavy atom. The molecular weight excluding hydrogens is 316 g/mol. The van der Waals surface area contributed by atoms with E-state index in [2.05, 4.69) is 16.4 Å². The quantitative estimate of drug-likeness (QED) is 0.931. The number of hydrogen-bond acceptors (Lipinski definition) is 4. The Bertz CT molecular complexity index is 772. The zero-order chi connectivity index (χ0) is 17.6. The van der Waals surface area contributed by atoms with Crippen LogP contribution in [0.3, 0.4) is 0 Å². The van der Waals surface area contributed by atoms with Crippen LogP contribution >= 0.6 is 0 Å². The molecule has 0 aliphatic carbocycles. The van der Waals surface area contributed by atoms with Gasteiger partial charge in [-0.2, -0.15) is 5.26 Å². The van der Waals surface area contributed by atoms with Crippen LogP contribution in [-0.4, -0.2) is 35.1 Å². The molecule has 1 N–H and O–H groups in total. The van der Waals surface area contributed by atoms with Gasteiger partial charge in [0.25, 0.3) is 0 Å². The molecule has 0 spiro atoms. The van der Waals surface area contributed by atoms with Gasteiger partial charge in [0.05, 0.1) is 30.4 Å². The predicted octanol–water partition coefficient (Wildman–Crippen LogP) is 2.88. The Kier molecular flexibility index (Phi) is 5.14. The maximum absolute atomic E-state index is 12.5. The first kappa shape index (κ1) is 16.8. The normalized spacial score (nSPS) is 17.6. The molecule has 2 aromatic rings. The highest BCUT2D eigenvalue weighted by Crippen LogP contribution is 2.19. The van der Waals surface area contributed by atoms with Crippen LogP contribution in [0.15, 0.2) is 48.8 Å². The van der Waals surface area contributed by atoms with Gasteiger partial charge in [-0.05, 0) is 36.8 Å². The Hall–Kier alpha value is -3.07. The summed E-state index contributed by atoms with van der Waals surface area (Å²) >= 11 is 0. The Morgan fingerprint density at radius 2 is 2.32 bits per heavy atom. The summed E-state index contributed by atoms with van der Waals surface area (Å²) in [6, 6.07) is 12.8. The van der Waals surface area contributed by atoms with Crippen LogP contribution < -0.4 is 10.1 Å². The summed E-state index contributed by atoms with van der Waals surface area (Å²) in [5.41, 5.74) is 1.50. The summed E-state index contributed by atoms with van der Waals surface area (Å²) in [5, 5.41) is 12.0. The lowest BCUT2D eigenvalue weighted by Crippen LogP contribution is -2.40. The number of nitriles is 1. The van der Waals surface area contributed by atoms with E-state index >= 15 is 0 Å². The zero-order valence-corrected chi connectivity index (χ0v) is 14.1. The third-order valence-corrected chi connectivity index (χ3v) is 4.23. The lowest BCUT2D eigenvalue weighted by molar-refractivity contribution is 0.184. The molecule has 1 saturated heterocycles. The van der Waals surface area contributed by atoms with Gasteiger partial charge in [-0.15, -0.1) is 0 Å². The molecule has 2 atom stereocenters. The topological polar surface area (TPSA) is 78.2 Å². The number of ether oxygens (including phenoxy) is 1. The van der Waals surface area contributed by atoms with E-state index in [9.17, 15) is 4.79 Å². The SMILES string of the molecule is C[C@H](NC(=O)N1CC[C@@H](Oc2cccnc2)C1)c1cccc(C#N)c1. The van der Waals surface area contributed by atoms with Gasteiger partial charge in [-0.3, -0.25) is 4.98 Å². The van der Waals surface area contributed by atoms with Crippen molar-refractivity contribution in [3.8, 4) is 11.8 Å². The molecule has 0 saturated carbocycles. The Labute approximate surface area is 147 Å². The van der Waals surface area contributed by atoms with Gasteiger partial charge < -0.3 is 15.0 Å². The summed E-state index contributed by atoms with van der Waals surface area (Å²) in [7, 11) is 0. The van der Waals surface area contributed by atoms with E-state index in [-0.39, 0.29) is 18.2 Å². The van der Waals surface area contributed by atoms with Gasteiger partial charge in [0.2, 0.25) is 0 Å². The number of nitrogens with zero attached hydrogens (tertiary/aromatic N) is 3. The lowest BCUT2D eigenvalue weighted by Gasteiger charge is -2.21. The van der Waals surface area contributed by atoms with Gasteiger partial charge in [-0.25, -0.2) is 4.79 Å². The fourth-order valence-electron chi connectivity index (χ4n) is 2.86. The van der Waals surface area contributed by atoms with Crippen molar-refractivity contribution >= 4 is 6.03 Å². The molecule has 1 fully saturated rings. The number of urea groups is 1. The number of pyridine rings is 1. The van der Waals surface area contributed by atoms with Gasteiger partial charge in [0.15, 0.2) is 0 Å². The molecule has 0 radical (unpaired) electrons. The van der Waals surface area contributed by atoms with Crippen molar-refractivity contribution < 1.29 is 9.53 Å². The molecule has 25 heavy (non-hydrogen) atoms. The smallest absolute Gasteiger partial charge is 0.318 e. The summed E-state index contributed by atoms with van der Waals surface area (Å²) < 4.78 is 5.86. The van der Waals surface area contributed by atoms with Crippen LogP contribution in [0.5, 0.6) is 5.75 Å². The molecule has 128 valence electrons. The number of carbonyl (C=O) groups excluding carboxylic acids is 1. The van der Waals surface area contributed by atoms with E-state index in [4.69, 9.17) is 10.00 Å². The second kappa shape index (κ2) is 7.67. The molecule has 1 aromatic carbocycles. The number of carbonyl (C=O) groups is 1. The Balaban J connectivity index is 1.54. The van der Waals surface area contributed by atoms with Crippen LogP contribution in [-0.2, 0) is 0 Å². The average molecular weight is 336 g/mol. The van der Waals surface area contributed by atoms with Crippen LogP contribution in [0, 0.1) is 11.3 Å². The lowest BCUT2D eigenvalue weighted by atomic mass is 10.1. The average Bonchev–Trinajstić information content (AvgIpc) is 3.11. The number of hydrogen-bond donors (Lipinski definition) is 1. The second-order valence-electron chi connectivity index (χ2n) is 6.07. The summed E-state index contributed by atoms with van der Waals surface area (Å²) in [6.45, 7) is 3.11. The minimum atomic E-state index is -0.168. The van der Waals surface area contributed by atoms with Crippen molar-refractivity contribution in [3.63, 3.8) is 0 Å². The summed E-state index contributed by atoms with van der Waals surface area (Å²) in [5.74, 6) is 0.719. The van der Waals surface area contributed by atoms with Gasteiger partial charge in [0, 0.05) is 19.2 Å². The number of amides is 2. The van der Waals surface area contributed by atoms with E-state index in [0.717, 1.165) is 17.7 Å². The maximum atomic E-state index is 12.5. The fourth-order valence-corrected chi connectivity index (χ4v) is 2.86. The monoisotopic (exact) mass is 336 g/mol. The first-order valence-electron chi connectivity index (χ1n) is 8.28. The molecule has 0 bridgehead atoms. The summed E-state index contributed by atoms with van der Waals surface area (Å²) in [6.07, 6.45) is 4.14. The van der Waals surface area contributed by atoms with Crippen molar-refractivity contribution in [1.29, 1.82) is 5.26 Å². The second-order valence-corrected chi connectivity index (χ2v) is 6.07. The maximum Gasteiger partial charge on any atom is 0.318 e. The van der Waals surface area contributed by atoms with E-state index in [1.54, 1.807) is 29.4 Å². The standard InChI is InChI=1S/C19H20N4O2/c1-14(16-5-2-4-15(10-16)11-20)22-19(24)23-9-7-18(13-23)25-17-6-3-8-21-12-17/h2-6,8,10,12,14,18H,7,9,13H2,1H3,(H,22,24)/t14-,18+/m0/s1. The molecule has 2 amide bonds. The van der Waals surface area contributed by atoms with Crippen LogP contribution in [0.2, 0.25) is 0 Å². The molecule has 0 unspecified atom stereocenters.